The van der Waals surface area contributed by atoms with Crippen LogP contribution in [0.5, 0.6) is 0 Å². The van der Waals surface area contributed by atoms with Crippen molar-refractivity contribution in [3.63, 3.8) is 0 Å². The van der Waals surface area contributed by atoms with Gasteiger partial charge in [-0.3, -0.25) is 4.79 Å². The molecule has 4 rings (SSSR count). The van der Waals surface area contributed by atoms with Crippen LogP contribution in [-0.4, -0.2) is 20.4 Å². The van der Waals surface area contributed by atoms with Crippen LogP contribution in [0, 0.1) is 5.82 Å². The minimum Gasteiger partial charge on any atom is -0.366 e. The van der Waals surface area contributed by atoms with Gasteiger partial charge in [0, 0.05) is 18.5 Å². The number of Topliss-reactive ketones (excluding diaryl/α,β-unsaturated/α-hetero) is 1. The number of benzene rings is 2. The molecular weight excluding hydrogens is 355 g/mol. The van der Waals surface area contributed by atoms with Crippen molar-refractivity contribution in [3.05, 3.63) is 83.8 Å². The van der Waals surface area contributed by atoms with Crippen LogP contribution in [0.1, 0.15) is 24.0 Å². The maximum Gasteiger partial charge on any atom is 0.240 e. The number of ketones is 1. The third-order valence-corrected chi connectivity index (χ3v) is 4.87. The molecule has 6 heteroatoms. The summed E-state index contributed by atoms with van der Waals surface area (Å²) < 4.78 is 14.7. The van der Waals surface area contributed by atoms with E-state index in [9.17, 15) is 9.18 Å². The number of rotatable bonds is 5. The average Bonchev–Trinajstić information content (AvgIpc) is 3.07. The molecule has 0 unspecified atom stereocenters. The molecule has 28 heavy (non-hydrogen) atoms. The van der Waals surface area contributed by atoms with Gasteiger partial charge in [-0.05, 0) is 46.5 Å². The van der Waals surface area contributed by atoms with Gasteiger partial charge in [-0.25, -0.2) is 8.91 Å². The molecule has 4 aromatic rings. The lowest BCUT2D eigenvalue weighted by Gasteiger charge is -2.11. The summed E-state index contributed by atoms with van der Waals surface area (Å²) in [5, 5.41) is 4.07. The summed E-state index contributed by atoms with van der Waals surface area (Å²) in [6.45, 7) is 1.85. The number of hydrogen-bond acceptors (Lipinski definition) is 4. The Labute approximate surface area is 161 Å². The lowest BCUT2D eigenvalue weighted by atomic mass is 9.92. The lowest BCUT2D eigenvalue weighted by molar-refractivity contribution is -0.119. The first-order valence-electron chi connectivity index (χ1n) is 8.99. The monoisotopic (exact) mass is 374 g/mol. The summed E-state index contributed by atoms with van der Waals surface area (Å²) in [6.07, 6.45) is 2.15. The summed E-state index contributed by atoms with van der Waals surface area (Å²) in [6, 6.07) is 17.8. The van der Waals surface area contributed by atoms with Gasteiger partial charge in [0.2, 0.25) is 5.95 Å². The van der Waals surface area contributed by atoms with Crippen molar-refractivity contribution in [1.82, 2.24) is 14.6 Å². The minimum atomic E-state index is -0.300. The van der Waals surface area contributed by atoms with E-state index in [4.69, 9.17) is 5.73 Å². The maximum absolute atomic E-state index is 13.1. The largest absolute Gasteiger partial charge is 0.366 e. The number of pyridine rings is 1. The lowest BCUT2D eigenvalue weighted by Crippen LogP contribution is -2.12. The van der Waals surface area contributed by atoms with Gasteiger partial charge in [0.25, 0.3) is 0 Å². The quantitative estimate of drug-likeness (QED) is 0.572. The highest BCUT2D eigenvalue weighted by Crippen LogP contribution is 2.23. The van der Waals surface area contributed by atoms with E-state index in [1.165, 1.54) is 12.1 Å². The number of anilines is 1. The topological polar surface area (TPSA) is 73.3 Å². The summed E-state index contributed by atoms with van der Waals surface area (Å²) in [5.41, 5.74) is 10.1. The normalized spacial score (nSPS) is 12.2. The van der Waals surface area contributed by atoms with Crippen LogP contribution < -0.4 is 5.73 Å². The van der Waals surface area contributed by atoms with E-state index in [0.717, 1.165) is 22.3 Å². The van der Waals surface area contributed by atoms with E-state index in [1.807, 2.05) is 49.5 Å². The highest BCUT2D eigenvalue weighted by Gasteiger charge is 2.16. The van der Waals surface area contributed by atoms with Gasteiger partial charge in [-0.1, -0.05) is 43.3 Å². The number of carbonyl (C=O) groups is 1. The molecule has 0 saturated heterocycles. The van der Waals surface area contributed by atoms with Gasteiger partial charge in [0.05, 0.1) is 0 Å². The Balaban J connectivity index is 1.49. The molecule has 0 aliphatic carbocycles. The molecule has 0 saturated carbocycles. The fraction of sp³-hybridized carbons (Fsp3) is 0.136. The van der Waals surface area contributed by atoms with Crippen molar-refractivity contribution in [3.8, 4) is 11.1 Å². The Bertz CT molecular complexity index is 1130. The molecule has 2 aromatic heterocycles. The molecule has 0 fully saturated rings. The molecular formula is C22H19FN4O. The Morgan fingerprint density at radius 1 is 1.07 bits per heavy atom. The van der Waals surface area contributed by atoms with Crippen molar-refractivity contribution in [1.29, 1.82) is 0 Å². The number of nitrogen functional groups attached to an aromatic ring is 1. The maximum atomic E-state index is 13.1. The number of nitrogens with zero attached hydrogens (tertiary/aromatic N) is 3. The summed E-state index contributed by atoms with van der Waals surface area (Å²) >= 11 is 0. The molecule has 5 nitrogen and oxygen atoms in total. The number of aromatic nitrogens is 3. The predicted molar refractivity (Wildman–Crippen MR) is 106 cm³/mol. The van der Waals surface area contributed by atoms with Gasteiger partial charge in [0.1, 0.15) is 11.6 Å². The van der Waals surface area contributed by atoms with Crippen molar-refractivity contribution < 1.29 is 9.18 Å². The number of nitrogens with two attached hydrogens (primary N) is 1. The molecule has 0 radical (unpaired) electrons. The van der Waals surface area contributed by atoms with Gasteiger partial charge in [-0.15, -0.1) is 5.10 Å². The third kappa shape index (κ3) is 3.62. The smallest absolute Gasteiger partial charge is 0.240 e. The SMILES string of the molecule is C[C@@H](C(=O)Cc1ccc(-c2ccn3nc(N)nc3c2)cc1)c1ccc(F)cc1. The minimum absolute atomic E-state index is 0.0970. The molecule has 0 spiro atoms. The van der Waals surface area contributed by atoms with E-state index < -0.39 is 0 Å². The Hall–Kier alpha value is -3.54. The third-order valence-electron chi connectivity index (χ3n) is 4.87. The zero-order valence-electron chi connectivity index (χ0n) is 15.3. The zero-order chi connectivity index (χ0) is 19.7. The fourth-order valence-electron chi connectivity index (χ4n) is 3.19. The summed E-state index contributed by atoms with van der Waals surface area (Å²) in [5.74, 6) is -0.243. The van der Waals surface area contributed by atoms with Crippen LogP contribution in [0.15, 0.2) is 66.9 Å². The number of halogens is 1. The highest BCUT2D eigenvalue weighted by molar-refractivity contribution is 5.87. The predicted octanol–water partition coefficient (Wildman–Crippen LogP) is 4.03. The molecule has 2 heterocycles. The van der Waals surface area contributed by atoms with Crippen molar-refractivity contribution in [2.75, 3.05) is 5.73 Å². The van der Waals surface area contributed by atoms with Gasteiger partial charge in [0.15, 0.2) is 5.65 Å². The van der Waals surface area contributed by atoms with Crippen LogP contribution in [0.4, 0.5) is 10.3 Å². The number of carbonyl (C=O) groups excluding carboxylic acids is 1. The van der Waals surface area contributed by atoms with Crippen molar-refractivity contribution in [2.45, 2.75) is 19.3 Å². The molecule has 0 bridgehead atoms. The first kappa shape index (κ1) is 17.9. The van der Waals surface area contributed by atoms with E-state index in [-0.39, 0.29) is 23.5 Å². The molecule has 140 valence electrons. The first-order valence-corrected chi connectivity index (χ1v) is 8.99. The molecule has 2 N–H and O–H groups in total. The molecule has 1 atom stereocenters. The number of hydrogen-bond donors (Lipinski definition) is 1. The van der Waals surface area contributed by atoms with Crippen LogP contribution in [0.3, 0.4) is 0 Å². The molecule has 0 aliphatic heterocycles. The van der Waals surface area contributed by atoms with E-state index in [2.05, 4.69) is 10.1 Å². The summed E-state index contributed by atoms with van der Waals surface area (Å²) in [4.78, 5) is 16.7. The second kappa shape index (κ2) is 7.23. The molecule has 0 aliphatic rings. The first-order chi connectivity index (χ1) is 13.5. The summed E-state index contributed by atoms with van der Waals surface area (Å²) in [7, 11) is 0. The van der Waals surface area contributed by atoms with Gasteiger partial charge < -0.3 is 5.73 Å². The van der Waals surface area contributed by atoms with Gasteiger partial charge >= 0.3 is 0 Å². The standard InChI is InChI=1S/C22H19FN4O/c1-14(16-6-8-19(23)9-7-16)20(28)12-15-2-4-17(5-3-15)18-10-11-27-21(13-18)25-22(24)26-27/h2-11,13-14H,12H2,1H3,(H2,24,26)/t14-/m1/s1. The Morgan fingerprint density at radius 3 is 2.50 bits per heavy atom. The highest BCUT2D eigenvalue weighted by atomic mass is 19.1. The second-order valence-electron chi connectivity index (χ2n) is 6.80. The Morgan fingerprint density at radius 2 is 1.79 bits per heavy atom. The van der Waals surface area contributed by atoms with Crippen molar-refractivity contribution >= 4 is 17.4 Å². The molecule has 2 aromatic carbocycles. The number of fused-ring (bicyclic) bond motifs is 1. The fourth-order valence-corrected chi connectivity index (χ4v) is 3.19. The van der Waals surface area contributed by atoms with Crippen LogP contribution in [-0.2, 0) is 11.2 Å². The van der Waals surface area contributed by atoms with Crippen LogP contribution >= 0.6 is 0 Å². The van der Waals surface area contributed by atoms with E-state index >= 15 is 0 Å². The second-order valence-corrected chi connectivity index (χ2v) is 6.80. The average molecular weight is 374 g/mol. The van der Waals surface area contributed by atoms with Crippen molar-refractivity contribution in [2.24, 2.45) is 0 Å². The van der Waals surface area contributed by atoms with Gasteiger partial charge in [-0.2, -0.15) is 4.98 Å². The van der Waals surface area contributed by atoms with E-state index in [0.29, 0.717) is 12.1 Å². The zero-order valence-corrected chi connectivity index (χ0v) is 15.3. The Kier molecular flexibility index (Phi) is 4.61. The van der Waals surface area contributed by atoms with Crippen LogP contribution in [0.2, 0.25) is 0 Å². The van der Waals surface area contributed by atoms with E-state index in [1.54, 1.807) is 16.6 Å². The van der Waals surface area contributed by atoms with Crippen LogP contribution in [0.25, 0.3) is 16.8 Å². The molecule has 0 amide bonds.